The zero-order valence-electron chi connectivity index (χ0n) is 8.12. The topological polar surface area (TPSA) is 76.3 Å². The van der Waals surface area contributed by atoms with E-state index >= 15 is 0 Å². The van der Waals surface area contributed by atoms with Gasteiger partial charge in [0.1, 0.15) is 0 Å². The Morgan fingerprint density at radius 1 is 1.56 bits per heavy atom. The molecule has 0 fully saturated rings. The highest BCUT2D eigenvalue weighted by atomic mass is 32.2. The van der Waals surface area contributed by atoms with Crippen molar-refractivity contribution < 1.29 is 10.0 Å². The van der Waals surface area contributed by atoms with Crippen LogP contribution in [0.3, 0.4) is 0 Å². The molecule has 5 nitrogen and oxygen atoms in total. The van der Waals surface area contributed by atoms with E-state index in [0.29, 0.717) is 16.2 Å². The van der Waals surface area contributed by atoms with Crippen LogP contribution in [0, 0.1) is 10.1 Å². The van der Waals surface area contributed by atoms with Crippen molar-refractivity contribution in [2.45, 2.75) is 4.90 Å². The molecule has 7 heteroatoms. The molecule has 0 atom stereocenters. The van der Waals surface area contributed by atoms with Gasteiger partial charge in [-0.2, -0.15) is 0 Å². The van der Waals surface area contributed by atoms with Crippen LogP contribution < -0.4 is 0 Å². The predicted octanol–water partition coefficient (Wildman–Crippen LogP) is 2.29. The zero-order chi connectivity index (χ0) is 11.5. The van der Waals surface area contributed by atoms with Gasteiger partial charge in [-0.25, -0.2) is 4.98 Å². The number of rotatable bonds is 4. The standard InChI is InChI=1S/C9H8N2O3S2/c12-3-4-15-7-2-1-6-8(10-5-16-6)9(7)11(13)14/h1-2,5,12H,3-4H2. The van der Waals surface area contributed by atoms with Crippen LogP contribution in [0.2, 0.25) is 0 Å². The molecular weight excluding hydrogens is 248 g/mol. The maximum absolute atomic E-state index is 11.0. The summed E-state index contributed by atoms with van der Waals surface area (Å²) in [6.45, 7) is -0.00305. The van der Waals surface area contributed by atoms with Gasteiger partial charge in [0.2, 0.25) is 0 Å². The summed E-state index contributed by atoms with van der Waals surface area (Å²) in [5.41, 5.74) is 2.06. The highest BCUT2D eigenvalue weighted by Crippen LogP contribution is 2.36. The average Bonchev–Trinajstić information content (AvgIpc) is 2.72. The van der Waals surface area contributed by atoms with E-state index in [1.165, 1.54) is 23.1 Å². The summed E-state index contributed by atoms with van der Waals surface area (Å²) in [7, 11) is 0. The third-order valence-electron chi connectivity index (χ3n) is 1.97. The van der Waals surface area contributed by atoms with Gasteiger partial charge < -0.3 is 5.11 Å². The molecule has 1 heterocycles. The first-order valence-electron chi connectivity index (χ1n) is 4.48. The minimum Gasteiger partial charge on any atom is -0.396 e. The van der Waals surface area contributed by atoms with Gasteiger partial charge in [-0.05, 0) is 12.1 Å². The van der Waals surface area contributed by atoms with Crippen molar-refractivity contribution in [2.24, 2.45) is 0 Å². The number of thiazole rings is 1. The number of thioether (sulfide) groups is 1. The van der Waals surface area contributed by atoms with E-state index in [9.17, 15) is 10.1 Å². The molecule has 1 N–H and O–H groups in total. The fraction of sp³-hybridized carbons (Fsp3) is 0.222. The lowest BCUT2D eigenvalue weighted by Gasteiger charge is -2.01. The molecule has 2 aromatic rings. The molecule has 0 aliphatic rings. The van der Waals surface area contributed by atoms with Gasteiger partial charge in [0.05, 0.1) is 26.6 Å². The quantitative estimate of drug-likeness (QED) is 0.516. The Hall–Kier alpha value is -1.18. The van der Waals surface area contributed by atoms with Crippen LogP contribution in [0.1, 0.15) is 0 Å². The van der Waals surface area contributed by atoms with Crippen LogP contribution in [0.25, 0.3) is 10.2 Å². The van der Waals surface area contributed by atoms with E-state index in [-0.39, 0.29) is 12.3 Å². The molecule has 1 aromatic heterocycles. The first kappa shape index (κ1) is 11.3. The van der Waals surface area contributed by atoms with Gasteiger partial charge in [0, 0.05) is 5.75 Å². The Bertz CT molecular complexity index is 526. The van der Waals surface area contributed by atoms with Gasteiger partial charge in [-0.1, -0.05) is 0 Å². The lowest BCUT2D eigenvalue weighted by Crippen LogP contribution is -1.94. The molecular formula is C9H8N2O3S2. The predicted molar refractivity (Wildman–Crippen MR) is 64.1 cm³/mol. The summed E-state index contributed by atoms with van der Waals surface area (Å²) in [5, 5.41) is 19.7. The second-order valence-electron chi connectivity index (χ2n) is 2.94. The van der Waals surface area contributed by atoms with Gasteiger partial charge in [0.25, 0.3) is 0 Å². The summed E-state index contributed by atoms with van der Waals surface area (Å²) >= 11 is 2.64. The second kappa shape index (κ2) is 4.77. The number of hydrogen-bond acceptors (Lipinski definition) is 6. The SMILES string of the molecule is O=[N+]([O-])c1c(SCCO)ccc2scnc12. The van der Waals surface area contributed by atoms with Crippen molar-refractivity contribution >= 4 is 39.0 Å². The first-order chi connectivity index (χ1) is 7.74. The number of aromatic nitrogens is 1. The molecule has 0 amide bonds. The summed E-state index contributed by atoms with van der Waals surface area (Å²) in [6.07, 6.45) is 0. The van der Waals surface area contributed by atoms with Crippen LogP contribution in [0.5, 0.6) is 0 Å². The molecule has 0 saturated carbocycles. The number of aliphatic hydroxyl groups is 1. The highest BCUT2D eigenvalue weighted by molar-refractivity contribution is 7.99. The van der Waals surface area contributed by atoms with Crippen LogP contribution in [-0.4, -0.2) is 27.4 Å². The van der Waals surface area contributed by atoms with Gasteiger partial charge in [-0.3, -0.25) is 10.1 Å². The van der Waals surface area contributed by atoms with Crippen molar-refractivity contribution in [1.82, 2.24) is 4.98 Å². The number of aliphatic hydroxyl groups excluding tert-OH is 1. The molecule has 0 spiro atoms. The monoisotopic (exact) mass is 256 g/mol. The Morgan fingerprint density at radius 2 is 2.38 bits per heavy atom. The van der Waals surface area contributed by atoms with Gasteiger partial charge in [0.15, 0.2) is 5.52 Å². The van der Waals surface area contributed by atoms with E-state index < -0.39 is 4.92 Å². The van der Waals surface area contributed by atoms with Crippen LogP contribution >= 0.6 is 23.1 Å². The third kappa shape index (κ3) is 2.01. The number of benzene rings is 1. The Morgan fingerprint density at radius 3 is 3.06 bits per heavy atom. The largest absolute Gasteiger partial charge is 0.396 e. The molecule has 0 aliphatic heterocycles. The third-order valence-corrected chi connectivity index (χ3v) is 3.79. The molecule has 0 radical (unpaired) electrons. The maximum atomic E-state index is 11.0. The molecule has 2 rings (SSSR count). The minimum absolute atomic E-state index is 0.00305. The molecule has 1 aromatic carbocycles. The first-order valence-corrected chi connectivity index (χ1v) is 6.35. The Kier molecular flexibility index (Phi) is 3.37. The van der Waals surface area contributed by atoms with E-state index in [4.69, 9.17) is 5.11 Å². The number of nitrogens with zero attached hydrogens (tertiary/aromatic N) is 2. The lowest BCUT2D eigenvalue weighted by molar-refractivity contribution is -0.386. The van der Waals surface area contributed by atoms with E-state index in [2.05, 4.69) is 4.98 Å². The van der Waals surface area contributed by atoms with Crippen LogP contribution in [0.4, 0.5) is 5.69 Å². The molecule has 16 heavy (non-hydrogen) atoms. The summed E-state index contributed by atoms with van der Waals surface area (Å²) < 4.78 is 0.806. The maximum Gasteiger partial charge on any atom is 0.309 e. The molecule has 0 saturated heterocycles. The lowest BCUT2D eigenvalue weighted by atomic mass is 10.3. The van der Waals surface area contributed by atoms with Crippen LogP contribution in [0.15, 0.2) is 22.5 Å². The molecule has 0 bridgehead atoms. The zero-order valence-corrected chi connectivity index (χ0v) is 9.75. The molecule has 0 unspecified atom stereocenters. The Balaban J connectivity index is 2.54. The van der Waals surface area contributed by atoms with E-state index in [1.54, 1.807) is 11.6 Å². The van der Waals surface area contributed by atoms with Gasteiger partial charge >= 0.3 is 5.69 Å². The molecule has 0 aliphatic carbocycles. The average molecular weight is 256 g/mol. The van der Waals surface area contributed by atoms with Crippen molar-refractivity contribution in [3.05, 3.63) is 27.8 Å². The van der Waals surface area contributed by atoms with Crippen molar-refractivity contribution in [2.75, 3.05) is 12.4 Å². The summed E-state index contributed by atoms with van der Waals surface area (Å²) in [6, 6.07) is 3.53. The van der Waals surface area contributed by atoms with Crippen molar-refractivity contribution in [3.63, 3.8) is 0 Å². The van der Waals surface area contributed by atoms with Gasteiger partial charge in [-0.15, -0.1) is 23.1 Å². The normalized spacial score (nSPS) is 10.8. The molecule has 84 valence electrons. The van der Waals surface area contributed by atoms with Crippen molar-refractivity contribution in [1.29, 1.82) is 0 Å². The smallest absolute Gasteiger partial charge is 0.309 e. The van der Waals surface area contributed by atoms with Crippen molar-refractivity contribution in [3.8, 4) is 0 Å². The number of nitro groups is 1. The number of fused-ring (bicyclic) bond motifs is 1. The number of nitro benzene ring substituents is 1. The van der Waals surface area contributed by atoms with Crippen LogP contribution in [-0.2, 0) is 0 Å². The fourth-order valence-electron chi connectivity index (χ4n) is 1.35. The summed E-state index contributed by atoms with van der Waals surface area (Å²) in [5.74, 6) is 0.441. The fourth-order valence-corrected chi connectivity index (χ4v) is 2.81. The van der Waals surface area contributed by atoms with E-state index in [1.807, 2.05) is 6.07 Å². The Labute approximate surface area is 99.3 Å². The van der Waals surface area contributed by atoms with E-state index in [0.717, 1.165) is 4.70 Å². The minimum atomic E-state index is -0.415. The number of hydrogen-bond donors (Lipinski definition) is 1. The highest BCUT2D eigenvalue weighted by Gasteiger charge is 2.20. The second-order valence-corrected chi connectivity index (χ2v) is 4.96. The summed E-state index contributed by atoms with van der Waals surface area (Å²) in [4.78, 5) is 15.1.